The SMILES string of the molecule is ClC1=CCC(Cl)C(Br)=C1. The van der Waals surface area contributed by atoms with Crippen LogP contribution in [0.3, 0.4) is 0 Å². The molecule has 0 heterocycles. The van der Waals surface area contributed by atoms with E-state index >= 15 is 0 Å². The lowest BCUT2D eigenvalue weighted by molar-refractivity contribution is 1.03. The molecule has 0 aliphatic heterocycles. The molecule has 1 unspecified atom stereocenters. The molecular weight excluding hydrogens is 223 g/mol. The van der Waals surface area contributed by atoms with Crippen molar-refractivity contribution in [2.24, 2.45) is 0 Å². The van der Waals surface area contributed by atoms with E-state index in [0.717, 1.165) is 15.9 Å². The third kappa shape index (κ3) is 1.99. The van der Waals surface area contributed by atoms with Gasteiger partial charge in [-0.05, 0) is 12.5 Å². The van der Waals surface area contributed by atoms with Crippen molar-refractivity contribution in [3.63, 3.8) is 0 Å². The van der Waals surface area contributed by atoms with Crippen LogP contribution in [-0.4, -0.2) is 5.38 Å². The number of rotatable bonds is 0. The zero-order valence-corrected chi connectivity index (χ0v) is 7.67. The molecule has 1 atom stereocenters. The van der Waals surface area contributed by atoms with Gasteiger partial charge in [0.05, 0.1) is 5.38 Å². The minimum absolute atomic E-state index is 0.0764. The van der Waals surface area contributed by atoms with Crippen LogP contribution in [0.5, 0.6) is 0 Å². The van der Waals surface area contributed by atoms with Crippen molar-refractivity contribution in [1.29, 1.82) is 0 Å². The summed E-state index contributed by atoms with van der Waals surface area (Å²) in [7, 11) is 0. The molecule has 0 aromatic carbocycles. The molecule has 0 amide bonds. The molecule has 3 heteroatoms. The van der Waals surface area contributed by atoms with Crippen LogP contribution in [0.4, 0.5) is 0 Å². The molecule has 1 aliphatic rings. The van der Waals surface area contributed by atoms with E-state index in [0.29, 0.717) is 0 Å². The Hall–Kier alpha value is 0.540. The second-order valence-electron chi connectivity index (χ2n) is 1.82. The van der Waals surface area contributed by atoms with Gasteiger partial charge in [0, 0.05) is 9.51 Å². The molecule has 0 nitrogen and oxygen atoms in total. The number of alkyl halides is 1. The highest BCUT2D eigenvalue weighted by Gasteiger charge is 2.10. The summed E-state index contributed by atoms with van der Waals surface area (Å²) in [5.74, 6) is 0. The monoisotopic (exact) mass is 226 g/mol. The Kier molecular flexibility index (Phi) is 2.62. The summed E-state index contributed by atoms with van der Waals surface area (Å²) in [5, 5.41) is 0.839. The third-order valence-electron chi connectivity index (χ3n) is 1.09. The molecule has 1 aliphatic carbocycles. The highest BCUT2D eigenvalue weighted by molar-refractivity contribution is 9.11. The van der Waals surface area contributed by atoms with E-state index in [1.54, 1.807) is 0 Å². The minimum Gasteiger partial charge on any atom is -0.117 e. The van der Waals surface area contributed by atoms with Gasteiger partial charge in [0.25, 0.3) is 0 Å². The molecule has 0 aromatic heterocycles. The summed E-state index contributed by atoms with van der Waals surface area (Å²) >= 11 is 14.8. The van der Waals surface area contributed by atoms with E-state index in [1.165, 1.54) is 0 Å². The lowest BCUT2D eigenvalue weighted by Gasteiger charge is -2.09. The largest absolute Gasteiger partial charge is 0.117 e. The third-order valence-corrected chi connectivity index (χ3v) is 2.82. The molecular formula is C6H5BrCl2. The first-order valence-corrected chi connectivity index (χ1v) is 4.17. The average molecular weight is 228 g/mol. The van der Waals surface area contributed by atoms with Gasteiger partial charge in [-0.3, -0.25) is 0 Å². The molecule has 0 spiro atoms. The van der Waals surface area contributed by atoms with Crippen molar-refractivity contribution in [1.82, 2.24) is 0 Å². The molecule has 0 fully saturated rings. The molecule has 0 N–H and O–H groups in total. The Morgan fingerprint density at radius 1 is 1.67 bits per heavy atom. The molecule has 0 bridgehead atoms. The molecule has 1 rings (SSSR count). The van der Waals surface area contributed by atoms with Gasteiger partial charge in [0.15, 0.2) is 0 Å². The maximum Gasteiger partial charge on any atom is 0.0686 e. The smallest absolute Gasteiger partial charge is 0.0686 e. The Morgan fingerprint density at radius 2 is 2.33 bits per heavy atom. The average Bonchev–Trinajstić information content (AvgIpc) is 1.80. The molecule has 0 aromatic rings. The summed E-state index contributed by atoms with van der Waals surface area (Å²) in [6.45, 7) is 0. The molecule has 0 radical (unpaired) electrons. The number of allylic oxidation sites excluding steroid dienone is 4. The van der Waals surface area contributed by atoms with E-state index in [2.05, 4.69) is 15.9 Å². The Bertz CT molecular complexity index is 172. The summed E-state index contributed by atoms with van der Waals surface area (Å²) in [6, 6.07) is 0. The highest BCUT2D eigenvalue weighted by atomic mass is 79.9. The second kappa shape index (κ2) is 3.09. The fourth-order valence-electron chi connectivity index (χ4n) is 0.610. The van der Waals surface area contributed by atoms with E-state index in [4.69, 9.17) is 23.2 Å². The summed E-state index contributed by atoms with van der Waals surface area (Å²) in [6.07, 6.45) is 4.55. The number of hydrogen-bond donors (Lipinski definition) is 0. The van der Waals surface area contributed by atoms with Gasteiger partial charge in [-0.25, -0.2) is 0 Å². The first-order chi connectivity index (χ1) is 4.20. The van der Waals surface area contributed by atoms with E-state index < -0.39 is 0 Å². The first-order valence-electron chi connectivity index (χ1n) is 2.57. The molecule has 0 saturated heterocycles. The lowest BCUT2D eigenvalue weighted by atomic mass is 10.2. The zero-order chi connectivity index (χ0) is 6.85. The summed E-state index contributed by atoms with van der Waals surface area (Å²) < 4.78 is 0.969. The van der Waals surface area contributed by atoms with Gasteiger partial charge in [0.2, 0.25) is 0 Å². The van der Waals surface area contributed by atoms with E-state index in [9.17, 15) is 0 Å². The van der Waals surface area contributed by atoms with Gasteiger partial charge in [0.1, 0.15) is 0 Å². The predicted octanol–water partition coefficient (Wildman–Crippen LogP) is 3.40. The maximum absolute atomic E-state index is 5.81. The van der Waals surface area contributed by atoms with Crippen LogP contribution in [0, 0.1) is 0 Å². The Labute approximate surface area is 72.7 Å². The fourth-order valence-corrected chi connectivity index (χ4v) is 1.53. The molecule has 0 saturated carbocycles. The van der Waals surface area contributed by atoms with Gasteiger partial charge in [-0.15, -0.1) is 11.6 Å². The van der Waals surface area contributed by atoms with Crippen LogP contribution in [0.15, 0.2) is 21.7 Å². The zero-order valence-electron chi connectivity index (χ0n) is 4.57. The fraction of sp³-hybridized carbons (Fsp3) is 0.333. The number of halogens is 3. The van der Waals surface area contributed by atoms with Crippen LogP contribution in [-0.2, 0) is 0 Å². The highest BCUT2D eigenvalue weighted by Crippen LogP contribution is 2.28. The van der Waals surface area contributed by atoms with Crippen molar-refractivity contribution < 1.29 is 0 Å². The standard InChI is InChI=1S/C6H5BrCl2/c7-5-3-4(8)1-2-6(5)9/h1,3,6H,2H2. The van der Waals surface area contributed by atoms with Crippen LogP contribution in [0.25, 0.3) is 0 Å². The topological polar surface area (TPSA) is 0 Å². The predicted molar refractivity (Wildman–Crippen MR) is 45.2 cm³/mol. The lowest BCUT2D eigenvalue weighted by Crippen LogP contribution is -1.99. The van der Waals surface area contributed by atoms with Gasteiger partial charge in [-0.1, -0.05) is 33.6 Å². The van der Waals surface area contributed by atoms with Crippen molar-refractivity contribution in [2.75, 3.05) is 0 Å². The van der Waals surface area contributed by atoms with Crippen LogP contribution < -0.4 is 0 Å². The quantitative estimate of drug-likeness (QED) is 0.557. The van der Waals surface area contributed by atoms with Gasteiger partial charge in [-0.2, -0.15) is 0 Å². The van der Waals surface area contributed by atoms with Gasteiger partial charge < -0.3 is 0 Å². The Morgan fingerprint density at radius 3 is 2.78 bits per heavy atom. The van der Waals surface area contributed by atoms with Crippen molar-refractivity contribution in [2.45, 2.75) is 11.8 Å². The van der Waals surface area contributed by atoms with Crippen LogP contribution in [0.1, 0.15) is 6.42 Å². The van der Waals surface area contributed by atoms with Crippen molar-refractivity contribution >= 4 is 39.1 Å². The van der Waals surface area contributed by atoms with Gasteiger partial charge >= 0.3 is 0 Å². The Balaban J connectivity index is 2.74. The maximum atomic E-state index is 5.81. The van der Waals surface area contributed by atoms with Crippen LogP contribution in [0.2, 0.25) is 0 Å². The number of hydrogen-bond acceptors (Lipinski definition) is 0. The van der Waals surface area contributed by atoms with E-state index in [-0.39, 0.29) is 5.38 Å². The first kappa shape index (κ1) is 7.64. The minimum atomic E-state index is 0.0764. The van der Waals surface area contributed by atoms with Crippen molar-refractivity contribution in [3.8, 4) is 0 Å². The molecule has 9 heavy (non-hydrogen) atoms. The van der Waals surface area contributed by atoms with Crippen LogP contribution >= 0.6 is 39.1 Å². The summed E-state index contributed by atoms with van der Waals surface area (Å²) in [5.41, 5.74) is 0. The van der Waals surface area contributed by atoms with Crippen molar-refractivity contribution in [3.05, 3.63) is 21.7 Å². The van der Waals surface area contributed by atoms with E-state index in [1.807, 2.05) is 12.2 Å². The second-order valence-corrected chi connectivity index (χ2v) is 3.70. The summed E-state index contributed by atoms with van der Waals surface area (Å²) in [4.78, 5) is 0. The molecule has 50 valence electrons. The normalized spacial score (nSPS) is 27.2.